The topological polar surface area (TPSA) is 46.2 Å². The standard InChI is InChI=1S/C8H10BrNOS/c9-7-3-5-6(12-7)1-2-8(5,10)4-11/h3,11H,1-2,4,10H2. The first-order valence-corrected chi connectivity index (χ1v) is 5.45. The molecule has 3 N–H and O–H groups in total. The molecule has 1 aliphatic carbocycles. The zero-order valence-corrected chi connectivity index (χ0v) is 8.91. The van der Waals surface area contributed by atoms with Gasteiger partial charge in [0.05, 0.1) is 15.9 Å². The van der Waals surface area contributed by atoms with Crippen molar-refractivity contribution < 1.29 is 5.11 Å². The highest BCUT2D eigenvalue weighted by Crippen LogP contribution is 2.41. The molecule has 0 fully saturated rings. The third-order valence-electron chi connectivity index (χ3n) is 2.40. The van der Waals surface area contributed by atoms with Crippen LogP contribution in [0.15, 0.2) is 9.85 Å². The number of halogens is 1. The van der Waals surface area contributed by atoms with E-state index in [4.69, 9.17) is 10.8 Å². The molecule has 0 amide bonds. The van der Waals surface area contributed by atoms with Gasteiger partial charge in [0.15, 0.2) is 0 Å². The van der Waals surface area contributed by atoms with Crippen molar-refractivity contribution >= 4 is 27.3 Å². The van der Waals surface area contributed by atoms with Crippen molar-refractivity contribution in [3.63, 3.8) is 0 Å². The first-order chi connectivity index (χ1) is 5.65. The molecule has 0 saturated carbocycles. The Kier molecular flexibility index (Phi) is 2.03. The number of fused-ring (bicyclic) bond motifs is 1. The van der Waals surface area contributed by atoms with Crippen LogP contribution in [-0.2, 0) is 12.0 Å². The van der Waals surface area contributed by atoms with Crippen molar-refractivity contribution in [3.05, 3.63) is 20.3 Å². The van der Waals surface area contributed by atoms with E-state index < -0.39 is 5.54 Å². The van der Waals surface area contributed by atoms with Crippen LogP contribution in [0.2, 0.25) is 0 Å². The van der Waals surface area contributed by atoms with Crippen LogP contribution in [0.25, 0.3) is 0 Å². The van der Waals surface area contributed by atoms with E-state index in [1.54, 1.807) is 11.3 Å². The molecule has 0 radical (unpaired) electrons. The summed E-state index contributed by atoms with van der Waals surface area (Å²) >= 11 is 5.14. The van der Waals surface area contributed by atoms with Crippen molar-refractivity contribution in [3.8, 4) is 0 Å². The Morgan fingerprint density at radius 2 is 2.50 bits per heavy atom. The van der Waals surface area contributed by atoms with Gasteiger partial charge >= 0.3 is 0 Å². The molecule has 1 atom stereocenters. The summed E-state index contributed by atoms with van der Waals surface area (Å²) in [5, 5.41) is 9.15. The summed E-state index contributed by atoms with van der Waals surface area (Å²) in [5.74, 6) is 0. The van der Waals surface area contributed by atoms with Crippen molar-refractivity contribution in [2.24, 2.45) is 5.73 Å². The van der Waals surface area contributed by atoms with Crippen LogP contribution < -0.4 is 5.73 Å². The molecule has 1 aromatic rings. The first kappa shape index (κ1) is 8.69. The van der Waals surface area contributed by atoms with Crippen molar-refractivity contribution in [1.82, 2.24) is 0 Å². The fourth-order valence-corrected chi connectivity index (χ4v) is 3.44. The minimum atomic E-state index is -0.474. The predicted molar refractivity (Wildman–Crippen MR) is 53.3 cm³/mol. The molecular weight excluding hydrogens is 238 g/mol. The second-order valence-corrected chi connectivity index (χ2v) is 5.72. The summed E-state index contributed by atoms with van der Waals surface area (Å²) in [7, 11) is 0. The third-order valence-corrected chi connectivity index (χ3v) is 4.09. The minimum absolute atomic E-state index is 0.0448. The van der Waals surface area contributed by atoms with E-state index in [1.807, 2.05) is 6.07 Å². The maximum atomic E-state index is 9.15. The summed E-state index contributed by atoms with van der Waals surface area (Å²) in [6.45, 7) is 0.0448. The summed E-state index contributed by atoms with van der Waals surface area (Å²) in [5.41, 5.74) is 6.67. The second-order valence-electron chi connectivity index (χ2n) is 3.20. The van der Waals surface area contributed by atoms with Gasteiger partial charge < -0.3 is 10.8 Å². The average Bonchev–Trinajstić information content (AvgIpc) is 2.53. The Labute approximate surface area is 83.5 Å². The largest absolute Gasteiger partial charge is 0.394 e. The third kappa shape index (κ3) is 1.14. The molecule has 1 aliphatic rings. The van der Waals surface area contributed by atoms with Crippen LogP contribution in [0, 0.1) is 0 Å². The Bertz CT molecular complexity index is 312. The maximum absolute atomic E-state index is 9.15. The molecule has 12 heavy (non-hydrogen) atoms. The number of nitrogens with two attached hydrogens (primary N) is 1. The number of aliphatic hydroxyl groups excluding tert-OH is 1. The highest BCUT2D eigenvalue weighted by molar-refractivity contribution is 9.11. The molecule has 0 saturated heterocycles. The van der Waals surface area contributed by atoms with Gasteiger partial charge in [-0.05, 0) is 40.4 Å². The fraction of sp³-hybridized carbons (Fsp3) is 0.500. The lowest BCUT2D eigenvalue weighted by molar-refractivity contribution is 0.197. The zero-order chi connectivity index (χ0) is 8.77. The van der Waals surface area contributed by atoms with Gasteiger partial charge in [-0.2, -0.15) is 0 Å². The average molecular weight is 248 g/mol. The number of aryl methyl sites for hydroxylation is 1. The lowest BCUT2D eigenvalue weighted by atomic mass is 9.96. The molecule has 0 spiro atoms. The number of hydrogen-bond donors (Lipinski definition) is 2. The number of aliphatic hydroxyl groups is 1. The summed E-state index contributed by atoms with van der Waals surface area (Å²) < 4.78 is 1.11. The Morgan fingerprint density at radius 3 is 3.17 bits per heavy atom. The van der Waals surface area contributed by atoms with E-state index in [2.05, 4.69) is 15.9 Å². The monoisotopic (exact) mass is 247 g/mol. The van der Waals surface area contributed by atoms with Crippen LogP contribution in [0.5, 0.6) is 0 Å². The van der Waals surface area contributed by atoms with Gasteiger partial charge in [-0.15, -0.1) is 11.3 Å². The Morgan fingerprint density at radius 1 is 1.75 bits per heavy atom. The smallest absolute Gasteiger partial charge is 0.0704 e. The zero-order valence-electron chi connectivity index (χ0n) is 6.51. The number of hydrogen-bond acceptors (Lipinski definition) is 3. The van der Waals surface area contributed by atoms with Gasteiger partial charge in [0.1, 0.15) is 0 Å². The second kappa shape index (κ2) is 2.80. The van der Waals surface area contributed by atoms with Crippen LogP contribution in [0.4, 0.5) is 0 Å². The summed E-state index contributed by atoms with van der Waals surface area (Å²) in [6.07, 6.45) is 1.88. The molecule has 0 aromatic carbocycles. The lowest BCUT2D eigenvalue weighted by Gasteiger charge is -2.20. The molecule has 0 bridgehead atoms. The Hall–Kier alpha value is 0.100. The van der Waals surface area contributed by atoms with E-state index in [1.165, 1.54) is 4.88 Å². The molecule has 1 unspecified atom stereocenters. The minimum Gasteiger partial charge on any atom is -0.394 e. The van der Waals surface area contributed by atoms with Crippen LogP contribution in [-0.4, -0.2) is 11.7 Å². The number of rotatable bonds is 1. The summed E-state index contributed by atoms with van der Waals surface area (Å²) in [6, 6.07) is 2.03. The molecule has 0 aliphatic heterocycles. The van der Waals surface area contributed by atoms with Gasteiger partial charge in [-0.3, -0.25) is 0 Å². The lowest BCUT2D eigenvalue weighted by Crippen LogP contribution is -2.37. The van der Waals surface area contributed by atoms with E-state index in [9.17, 15) is 0 Å². The van der Waals surface area contributed by atoms with Crippen LogP contribution >= 0.6 is 27.3 Å². The van der Waals surface area contributed by atoms with E-state index in [-0.39, 0.29) is 6.61 Å². The molecule has 4 heteroatoms. The van der Waals surface area contributed by atoms with Gasteiger partial charge in [-0.1, -0.05) is 0 Å². The maximum Gasteiger partial charge on any atom is 0.0704 e. The normalized spacial score (nSPS) is 27.6. The molecule has 66 valence electrons. The van der Waals surface area contributed by atoms with Gasteiger partial charge in [0.2, 0.25) is 0 Å². The van der Waals surface area contributed by atoms with Gasteiger partial charge in [-0.25, -0.2) is 0 Å². The van der Waals surface area contributed by atoms with E-state index in [0.717, 1.165) is 22.2 Å². The van der Waals surface area contributed by atoms with Gasteiger partial charge in [0.25, 0.3) is 0 Å². The molecular formula is C8H10BrNOS. The SMILES string of the molecule is NC1(CO)CCc2sc(Br)cc21. The molecule has 2 nitrogen and oxygen atoms in total. The highest BCUT2D eigenvalue weighted by Gasteiger charge is 2.35. The molecule has 1 aromatic heterocycles. The van der Waals surface area contributed by atoms with E-state index in [0.29, 0.717) is 0 Å². The summed E-state index contributed by atoms with van der Waals surface area (Å²) in [4.78, 5) is 1.32. The number of thiophene rings is 1. The first-order valence-electron chi connectivity index (χ1n) is 3.84. The quantitative estimate of drug-likeness (QED) is 0.793. The van der Waals surface area contributed by atoms with Crippen LogP contribution in [0.3, 0.4) is 0 Å². The van der Waals surface area contributed by atoms with E-state index >= 15 is 0 Å². The fourth-order valence-electron chi connectivity index (χ4n) is 1.64. The van der Waals surface area contributed by atoms with Crippen LogP contribution in [0.1, 0.15) is 16.9 Å². The van der Waals surface area contributed by atoms with Crippen molar-refractivity contribution in [1.29, 1.82) is 0 Å². The Balaban J connectivity index is 2.47. The van der Waals surface area contributed by atoms with Crippen molar-refractivity contribution in [2.45, 2.75) is 18.4 Å². The predicted octanol–water partition coefficient (Wildman–Crippen LogP) is 1.60. The highest BCUT2D eigenvalue weighted by atomic mass is 79.9. The van der Waals surface area contributed by atoms with Crippen molar-refractivity contribution in [2.75, 3.05) is 6.61 Å². The molecule has 1 heterocycles. The van der Waals surface area contributed by atoms with Gasteiger partial charge in [0, 0.05) is 4.88 Å². The molecule has 2 rings (SSSR count).